The molecule has 6 nitrogen and oxygen atoms in total. The first kappa shape index (κ1) is 15.6. The largest absolute Gasteiger partial charge is 0.351 e. The molecule has 0 saturated carbocycles. The number of carbonyl (C=O) groups is 1. The first-order valence-corrected chi connectivity index (χ1v) is 7.83. The molecule has 3 rings (SSSR count). The van der Waals surface area contributed by atoms with E-state index in [-0.39, 0.29) is 18.1 Å². The Hall–Kier alpha value is -2.34. The summed E-state index contributed by atoms with van der Waals surface area (Å²) in [7, 11) is 3.81. The monoisotopic (exact) mass is 314 g/mol. The van der Waals surface area contributed by atoms with Gasteiger partial charge in [0.2, 0.25) is 5.91 Å². The number of rotatable bonds is 4. The standard InChI is InChI=1S/C17H22N4O2/c1-19-9-7-13(8-10-19)11-18-16(22)12-21-15-6-4-3-5-14(15)20(2)17(21)23/h3-7H,8-12H2,1-2H3,(H,18,22). The Morgan fingerprint density at radius 2 is 1.96 bits per heavy atom. The quantitative estimate of drug-likeness (QED) is 0.846. The van der Waals surface area contributed by atoms with Gasteiger partial charge in [0.15, 0.2) is 0 Å². The summed E-state index contributed by atoms with van der Waals surface area (Å²) < 4.78 is 3.09. The molecule has 122 valence electrons. The second kappa shape index (κ2) is 6.42. The van der Waals surface area contributed by atoms with E-state index in [9.17, 15) is 9.59 Å². The molecule has 1 aromatic carbocycles. The van der Waals surface area contributed by atoms with Crippen LogP contribution in [0, 0.1) is 0 Å². The summed E-state index contributed by atoms with van der Waals surface area (Å²) in [6, 6.07) is 7.51. The molecular formula is C17H22N4O2. The van der Waals surface area contributed by atoms with Crippen LogP contribution in [0.1, 0.15) is 6.42 Å². The molecule has 0 saturated heterocycles. The molecule has 1 aliphatic rings. The number of amides is 1. The first-order chi connectivity index (χ1) is 11.1. The van der Waals surface area contributed by atoms with E-state index in [1.165, 1.54) is 10.1 Å². The van der Waals surface area contributed by atoms with Crippen LogP contribution in [-0.2, 0) is 18.4 Å². The lowest BCUT2D eigenvalue weighted by Crippen LogP contribution is -2.35. The number of likely N-dealkylation sites (N-methyl/N-ethyl adjacent to an activating group) is 1. The fourth-order valence-electron chi connectivity index (χ4n) is 2.90. The number of hydrogen-bond donors (Lipinski definition) is 1. The Balaban J connectivity index is 1.69. The molecule has 0 radical (unpaired) electrons. The summed E-state index contributed by atoms with van der Waals surface area (Å²) in [5.41, 5.74) is 2.71. The topological polar surface area (TPSA) is 59.3 Å². The molecule has 2 heterocycles. The number of fused-ring (bicyclic) bond motifs is 1. The van der Waals surface area contributed by atoms with E-state index in [0.717, 1.165) is 30.5 Å². The van der Waals surface area contributed by atoms with Crippen LogP contribution in [0.3, 0.4) is 0 Å². The Kier molecular flexibility index (Phi) is 4.34. The van der Waals surface area contributed by atoms with Gasteiger partial charge >= 0.3 is 5.69 Å². The summed E-state index contributed by atoms with van der Waals surface area (Å²) in [6.45, 7) is 2.55. The van der Waals surface area contributed by atoms with E-state index in [0.29, 0.717) is 6.54 Å². The fourth-order valence-corrected chi connectivity index (χ4v) is 2.90. The molecule has 1 amide bonds. The van der Waals surface area contributed by atoms with Gasteiger partial charge in [0.25, 0.3) is 0 Å². The van der Waals surface area contributed by atoms with Crippen LogP contribution in [0.15, 0.2) is 40.7 Å². The van der Waals surface area contributed by atoms with Crippen molar-refractivity contribution in [3.8, 4) is 0 Å². The SMILES string of the molecule is CN1CC=C(CNC(=O)Cn2c(=O)n(C)c3ccccc32)CC1. The third-order valence-electron chi connectivity index (χ3n) is 4.37. The molecule has 0 spiro atoms. The zero-order valence-electron chi connectivity index (χ0n) is 13.6. The number of aromatic nitrogens is 2. The molecule has 0 unspecified atom stereocenters. The van der Waals surface area contributed by atoms with Gasteiger partial charge in [0.05, 0.1) is 11.0 Å². The summed E-state index contributed by atoms with van der Waals surface area (Å²) >= 11 is 0. The second-order valence-corrected chi connectivity index (χ2v) is 6.07. The van der Waals surface area contributed by atoms with Crippen LogP contribution in [0.5, 0.6) is 0 Å². The minimum atomic E-state index is -0.167. The van der Waals surface area contributed by atoms with Crippen LogP contribution >= 0.6 is 0 Å². The Bertz CT molecular complexity index is 816. The lowest BCUT2D eigenvalue weighted by Gasteiger charge is -2.22. The molecule has 1 N–H and O–H groups in total. The fraction of sp³-hybridized carbons (Fsp3) is 0.412. The van der Waals surface area contributed by atoms with Crippen molar-refractivity contribution in [3.63, 3.8) is 0 Å². The smallest absolute Gasteiger partial charge is 0.329 e. The number of hydrogen-bond acceptors (Lipinski definition) is 3. The van der Waals surface area contributed by atoms with Gasteiger partial charge in [-0.3, -0.25) is 13.9 Å². The highest BCUT2D eigenvalue weighted by Gasteiger charge is 2.14. The van der Waals surface area contributed by atoms with Crippen molar-refractivity contribution in [1.82, 2.24) is 19.4 Å². The van der Waals surface area contributed by atoms with Crippen molar-refractivity contribution in [3.05, 3.63) is 46.4 Å². The van der Waals surface area contributed by atoms with Gasteiger partial charge in [-0.1, -0.05) is 23.8 Å². The lowest BCUT2D eigenvalue weighted by molar-refractivity contribution is -0.121. The van der Waals surface area contributed by atoms with Crippen molar-refractivity contribution in [2.24, 2.45) is 7.05 Å². The molecule has 2 aromatic rings. The summed E-state index contributed by atoms with van der Waals surface area (Å²) in [4.78, 5) is 26.7. The molecule has 0 fully saturated rings. The van der Waals surface area contributed by atoms with Gasteiger partial charge in [-0.2, -0.15) is 0 Å². The van der Waals surface area contributed by atoms with Gasteiger partial charge < -0.3 is 10.2 Å². The van der Waals surface area contributed by atoms with Crippen molar-refractivity contribution in [2.45, 2.75) is 13.0 Å². The van der Waals surface area contributed by atoms with E-state index in [2.05, 4.69) is 23.3 Å². The van der Waals surface area contributed by atoms with Gasteiger partial charge in [0.1, 0.15) is 6.54 Å². The van der Waals surface area contributed by atoms with Gasteiger partial charge in [-0.05, 0) is 25.6 Å². The number of aryl methyl sites for hydroxylation is 1. The second-order valence-electron chi connectivity index (χ2n) is 6.07. The van der Waals surface area contributed by atoms with Crippen LogP contribution in [0.4, 0.5) is 0 Å². The van der Waals surface area contributed by atoms with Crippen molar-refractivity contribution >= 4 is 16.9 Å². The Morgan fingerprint density at radius 1 is 1.22 bits per heavy atom. The number of imidazole rings is 1. The molecule has 6 heteroatoms. The van der Waals surface area contributed by atoms with Crippen LogP contribution < -0.4 is 11.0 Å². The number of nitrogens with zero attached hydrogens (tertiary/aromatic N) is 3. The number of carbonyl (C=O) groups excluding carboxylic acids is 1. The number of para-hydroxylation sites is 2. The van der Waals surface area contributed by atoms with E-state index in [1.807, 2.05) is 24.3 Å². The normalized spacial score (nSPS) is 15.7. The average molecular weight is 314 g/mol. The van der Waals surface area contributed by atoms with E-state index >= 15 is 0 Å². The minimum Gasteiger partial charge on any atom is -0.351 e. The van der Waals surface area contributed by atoms with Crippen LogP contribution in [0.25, 0.3) is 11.0 Å². The lowest BCUT2D eigenvalue weighted by atomic mass is 10.1. The number of benzene rings is 1. The van der Waals surface area contributed by atoms with E-state index < -0.39 is 0 Å². The van der Waals surface area contributed by atoms with Crippen molar-refractivity contribution in [1.29, 1.82) is 0 Å². The van der Waals surface area contributed by atoms with Gasteiger partial charge in [-0.15, -0.1) is 0 Å². The van der Waals surface area contributed by atoms with Crippen LogP contribution in [0.2, 0.25) is 0 Å². The Labute approximate surface area is 135 Å². The van der Waals surface area contributed by atoms with Gasteiger partial charge in [0, 0.05) is 26.7 Å². The van der Waals surface area contributed by atoms with Crippen molar-refractivity contribution < 1.29 is 4.79 Å². The summed E-state index contributed by atoms with van der Waals surface area (Å²) in [5, 5.41) is 2.92. The predicted octanol–water partition coefficient (Wildman–Crippen LogP) is 0.718. The maximum absolute atomic E-state index is 12.3. The molecule has 23 heavy (non-hydrogen) atoms. The predicted molar refractivity (Wildman–Crippen MR) is 90.4 cm³/mol. The third-order valence-corrected chi connectivity index (χ3v) is 4.37. The maximum Gasteiger partial charge on any atom is 0.329 e. The summed E-state index contributed by atoms with van der Waals surface area (Å²) in [6.07, 6.45) is 3.14. The molecule has 0 atom stereocenters. The minimum absolute atomic E-state index is 0.0490. The molecule has 1 aliphatic heterocycles. The molecule has 1 aromatic heterocycles. The number of nitrogens with one attached hydrogen (secondary N) is 1. The summed E-state index contributed by atoms with van der Waals surface area (Å²) in [5.74, 6) is -0.136. The highest BCUT2D eigenvalue weighted by Crippen LogP contribution is 2.11. The average Bonchev–Trinajstić information content (AvgIpc) is 2.80. The Morgan fingerprint density at radius 3 is 2.65 bits per heavy atom. The van der Waals surface area contributed by atoms with E-state index in [4.69, 9.17) is 0 Å². The molecule has 0 aliphatic carbocycles. The molecule has 0 bridgehead atoms. The van der Waals surface area contributed by atoms with E-state index in [1.54, 1.807) is 11.6 Å². The molecular weight excluding hydrogens is 292 g/mol. The first-order valence-electron chi connectivity index (χ1n) is 7.83. The van der Waals surface area contributed by atoms with Gasteiger partial charge in [-0.25, -0.2) is 4.79 Å². The highest BCUT2D eigenvalue weighted by molar-refractivity contribution is 5.81. The zero-order chi connectivity index (χ0) is 16.4. The van der Waals surface area contributed by atoms with Crippen molar-refractivity contribution in [2.75, 3.05) is 26.7 Å². The maximum atomic E-state index is 12.3. The zero-order valence-corrected chi connectivity index (χ0v) is 13.6. The third kappa shape index (κ3) is 3.22. The van der Waals surface area contributed by atoms with Crippen LogP contribution in [-0.4, -0.2) is 46.6 Å². The highest BCUT2D eigenvalue weighted by atomic mass is 16.2.